The molecule has 0 spiro atoms. The fourth-order valence-corrected chi connectivity index (χ4v) is 24.0. The van der Waals surface area contributed by atoms with Crippen LogP contribution in [0.4, 0.5) is 0 Å². The molecule has 28 rings (SSSR count). The Balaban J connectivity index is 0.000000106. The molecule has 2 aliphatic rings. The SMILES string of the molecule is CC1(C)c2ccccc2-c2c1ccc1ccc3c(-c4ccc(-c5c6ccccc6c(-c6ccccc6)c6ccccc56)c5ccccc45)cccc3c21.CC1(C)c2ccccc2-c2ccc3c(ccc4cc(-c5c6ccccc6c(-c6ccccc6)c6ccccc56)ccc43)c21.c1ccc2cc(-c3c4ccccc4c(-c4cc5ccccc5c5ccccc45)c4ccccc34)ccc2c1. The fraction of sp³-hybridized carbons (Fsp3) is 0.0448. The van der Waals surface area contributed by atoms with Crippen LogP contribution < -0.4 is 0 Å². The van der Waals surface area contributed by atoms with Gasteiger partial charge in [-0.15, -0.1) is 0 Å². The van der Waals surface area contributed by atoms with Gasteiger partial charge in [-0.2, -0.15) is 0 Å². The molecule has 0 unspecified atom stereocenters. The molecule has 26 aromatic rings. The second kappa shape index (κ2) is 31.0. The summed E-state index contributed by atoms with van der Waals surface area (Å²) in [6.45, 7) is 9.49. The number of benzene rings is 26. The molecule has 0 heteroatoms. The summed E-state index contributed by atoms with van der Waals surface area (Å²) in [5.41, 5.74) is 29.0. The zero-order valence-corrected chi connectivity index (χ0v) is 75.0. The normalized spacial score (nSPS) is 12.9. The second-order valence-electron chi connectivity index (χ2n) is 37.7. The van der Waals surface area contributed by atoms with Crippen molar-refractivity contribution in [2.75, 3.05) is 0 Å². The Morgan fingerprint density at radius 1 is 0.127 bits per heavy atom. The predicted octanol–water partition coefficient (Wildman–Crippen LogP) is 37.5. The van der Waals surface area contributed by atoms with E-state index in [2.05, 4.69) is 501 Å². The van der Waals surface area contributed by atoms with E-state index in [1.165, 1.54) is 273 Å². The molecule has 0 nitrogen and oxygen atoms in total. The molecule has 26 aromatic carbocycles. The lowest BCUT2D eigenvalue weighted by atomic mass is 9.79. The lowest BCUT2D eigenvalue weighted by Crippen LogP contribution is -2.15. The van der Waals surface area contributed by atoms with Gasteiger partial charge in [0.2, 0.25) is 0 Å². The minimum Gasteiger partial charge on any atom is -0.0622 e. The number of fused-ring (bicyclic) bond motifs is 25. The Kier molecular flexibility index (Phi) is 18.2. The summed E-state index contributed by atoms with van der Waals surface area (Å²) >= 11 is 0. The first kappa shape index (κ1) is 78.4. The third-order valence-electron chi connectivity index (χ3n) is 29.9. The highest BCUT2D eigenvalue weighted by Gasteiger charge is 2.39. The average Bonchev–Trinajstić information content (AvgIpc) is 0.959. The Labute approximate surface area is 779 Å². The average molecular weight is 1700 g/mol. The van der Waals surface area contributed by atoms with Crippen molar-refractivity contribution in [2.24, 2.45) is 0 Å². The van der Waals surface area contributed by atoms with Crippen molar-refractivity contribution in [3.63, 3.8) is 0 Å². The molecular weight excluding hydrogens is 1610 g/mol. The van der Waals surface area contributed by atoms with Crippen molar-refractivity contribution < 1.29 is 0 Å². The van der Waals surface area contributed by atoms with Crippen molar-refractivity contribution in [1.29, 1.82) is 0 Å². The maximum absolute atomic E-state index is 2.40. The number of hydrogen-bond donors (Lipinski definition) is 0. The monoisotopic (exact) mass is 1700 g/mol. The van der Waals surface area contributed by atoms with E-state index in [-0.39, 0.29) is 10.8 Å². The van der Waals surface area contributed by atoms with Gasteiger partial charge in [-0.25, -0.2) is 0 Å². The summed E-state index contributed by atoms with van der Waals surface area (Å²) in [5.74, 6) is 0. The van der Waals surface area contributed by atoms with E-state index in [9.17, 15) is 0 Å². The quantitative estimate of drug-likeness (QED) is 0.110. The lowest BCUT2D eigenvalue weighted by molar-refractivity contribution is 0.661. The molecule has 0 N–H and O–H groups in total. The van der Waals surface area contributed by atoms with Crippen LogP contribution in [0.3, 0.4) is 0 Å². The van der Waals surface area contributed by atoms with Gasteiger partial charge in [-0.3, -0.25) is 0 Å². The molecule has 0 heterocycles. The molecule has 0 radical (unpaired) electrons. The zero-order valence-electron chi connectivity index (χ0n) is 75.0. The molecule has 626 valence electrons. The molecule has 0 aliphatic heterocycles. The van der Waals surface area contributed by atoms with Crippen molar-refractivity contribution in [2.45, 2.75) is 38.5 Å². The Morgan fingerprint density at radius 2 is 0.440 bits per heavy atom. The minimum absolute atomic E-state index is 0.0304. The van der Waals surface area contributed by atoms with Gasteiger partial charge >= 0.3 is 0 Å². The van der Waals surface area contributed by atoms with Crippen LogP contribution in [0.1, 0.15) is 49.9 Å². The van der Waals surface area contributed by atoms with Gasteiger partial charge in [0, 0.05) is 10.8 Å². The summed E-state index contributed by atoms with van der Waals surface area (Å²) in [6, 6.07) is 175. The fourth-order valence-electron chi connectivity index (χ4n) is 24.0. The van der Waals surface area contributed by atoms with Crippen LogP contribution in [0, 0.1) is 0 Å². The van der Waals surface area contributed by atoms with E-state index in [4.69, 9.17) is 0 Å². The Bertz CT molecular complexity index is 9260. The van der Waals surface area contributed by atoms with Gasteiger partial charge in [0.1, 0.15) is 0 Å². The van der Waals surface area contributed by atoms with E-state index >= 15 is 0 Å². The highest BCUT2D eigenvalue weighted by atomic mass is 14.4. The van der Waals surface area contributed by atoms with Crippen molar-refractivity contribution in [3.05, 3.63) is 495 Å². The zero-order chi connectivity index (χ0) is 89.0. The lowest BCUT2D eigenvalue weighted by Gasteiger charge is -2.23. The largest absolute Gasteiger partial charge is 0.0622 e. The summed E-state index contributed by atoms with van der Waals surface area (Å²) < 4.78 is 0. The topological polar surface area (TPSA) is 0 Å². The van der Waals surface area contributed by atoms with Gasteiger partial charge in [0.15, 0.2) is 0 Å². The molecule has 2 aliphatic carbocycles. The molecule has 0 atom stereocenters. The first-order chi connectivity index (χ1) is 66.1. The van der Waals surface area contributed by atoms with E-state index in [1.807, 2.05) is 0 Å². The highest BCUT2D eigenvalue weighted by Crippen LogP contribution is 2.57. The van der Waals surface area contributed by atoms with Crippen LogP contribution in [0.5, 0.6) is 0 Å². The maximum Gasteiger partial charge on any atom is 0.0165 e. The predicted molar refractivity (Wildman–Crippen MR) is 578 cm³/mol. The van der Waals surface area contributed by atoms with E-state index in [1.54, 1.807) is 0 Å². The molecule has 0 saturated heterocycles. The van der Waals surface area contributed by atoms with Crippen LogP contribution >= 0.6 is 0 Å². The van der Waals surface area contributed by atoms with Gasteiger partial charge in [0.05, 0.1) is 0 Å². The van der Waals surface area contributed by atoms with E-state index in [0.29, 0.717) is 0 Å². The Morgan fingerprint density at radius 3 is 1.00 bits per heavy atom. The second-order valence-corrected chi connectivity index (χ2v) is 37.7. The summed E-state index contributed by atoms with van der Waals surface area (Å²) in [6.07, 6.45) is 0. The van der Waals surface area contributed by atoms with Crippen molar-refractivity contribution >= 4 is 151 Å². The third-order valence-corrected chi connectivity index (χ3v) is 29.9. The molecule has 134 heavy (non-hydrogen) atoms. The summed E-state index contributed by atoms with van der Waals surface area (Å²) in [4.78, 5) is 0. The first-order valence-corrected chi connectivity index (χ1v) is 47.1. The molecule has 0 saturated carbocycles. The van der Waals surface area contributed by atoms with Gasteiger partial charge < -0.3 is 0 Å². The van der Waals surface area contributed by atoms with Gasteiger partial charge in [0.25, 0.3) is 0 Å². The molecule has 0 aromatic heterocycles. The first-order valence-electron chi connectivity index (χ1n) is 47.1. The Hall–Kier alpha value is -16.6. The standard InChI is InChI=1S/C53H36.C43H30.C38H24/c1-53(2)47-26-13-12-23-46(47)52-48(53)32-28-34-27-29-39-36(24-14-25-40(39)50(34)52)38-30-31-45(37-18-7-6-17-35(37)38)51-43-21-10-8-19-41(43)49(33-15-4-3-5-16-33)42-20-9-11-22-44(42)51;1-43(2)39-19-11-10-14-32(39)38-25-24-31-30-22-21-29(26-28(30)20-23-37(31)42(38)43)41-35-17-8-6-15-33(35)40(27-12-4-3-5-13-27)34-16-7-9-18-36(34)41;1-2-12-26-23-28(22-21-25(26)11-1)37-32-17-7-9-19-34(32)38(35-20-10-8-18-33(35)37)36-24-27-13-3-4-14-29(27)30-15-5-6-16-31(30)36/h3-32H,1-2H3;3-26H,1-2H3;1-24H. The van der Waals surface area contributed by atoms with E-state index < -0.39 is 0 Å². The van der Waals surface area contributed by atoms with Crippen LogP contribution in [-0.2, 0) is 10.8 Å². The molecule has 0 fully saturated rings. The third kappa shape index (κ3) is 12.2. The van der Waals surface area contributed by atoms with Gasteiger partial charge in [-0.1, -0.05) is 483 Å². The molecule has 0 bridgehead atoms. The summed E-state index contributed by atoms with van der Waals surface area (Å²) in [5, 5.41) is 36.2. The minimum atomic E-state index is -0.0421. The molecule has 0 amide bonds. The maximum atomic E-state index is 2.40. The number of rotatable bonds is 7. The van der Waals surface area contributed by atoms with E-state index in [0.717, 1.165) is 0 Å². The van der Waals surface area contributed by atoms with Crippen molar-refractivity contribution in [1.82, 2.24) is 0 Å². The van der Waals surface area contributed by atoms with Crippen LogP contribution in [0.25, 0.3) is 251 Å². The highest BCUT2D eigenvalue weighted by molar-refractivity contribution is 6.30. The van der Waals surface area contributed by atoms with Crippen LogP contribution in [0.2, 0.25) is 0 Å². The van der Waals surface area contributed by atoms with Gasteiger partial charge in [-0.05, 0) is 291 Å². The smallest absolute Gasteiger partial charge is 0.0165 e. The summed E-state index contributed by atoms with van der Waals surface area (Å²) in [7, 11) is 0. The van der Waals surface area contributed by atoms with Crippen molar-refractivity contribution in [3.8, 4) is 100 Å². The molecular formula is C134H90. The van der Waals surface area contributed by atoms with Crippen LogP contribution in [0.15, 0.2) is 473 Å². The number of hydrogen-bond acceptors (Lipinski definition) is 0. The van der Waals surface area contributed by atoms with Crippen LogP contribution in [-0.4, -0.2) is 0 Å².